The molecule has 2 aromatic carbocycles. The maximum Gasteiger partial charge on any atom is 0.335 e. The highest BCUT2D eigenvalue weighted by atomic mass is 16.5. The molecule has 0 saturated carbocycles. The average Bonchev–Trinajstić information content (AvgIpc) is 2.68. The van der Waals surface area contributed by atoms with Gasteiger partial charge in [-0.2, -0.15) is 0 Å². The van der Waals surface area contributed by atoms with Gasteiger partial charge in [0.2, 0.25) is 0 Å². The van der Waals surface area contributed by atoms with Gasteiger partial charge < -0.3 is 9.84 Å². The molecule has 2 aromatic rings. The van der Waals surface area contributed by atoms with Gasteiger partial charge in [0, 0.05) is 5.56 Å². The van der Waals surface area contributed by atoms with Gasteiger partial charge in [0.05, 0.1) is 5.56 Å². The van der Waals surface area contributed by atoms with Crippen LogP contribution in [0.4, 0.5) is 0 Å². The third-order valence-corrected chi connectivity index (χ3v) is 5.95. The lowest BCUT2D eigenvalue weighted by atomic mass is 9.63. The van der Waals surface area contributed by atoms with E-state index >= 15 is 0 Å². The fraction of sp³-hybridized carbons (Fsp3) is 0.346. The molecule has 0 spiro atoms. The van der Waals surface area contributed by atoms with E-state index in [1.165, 1.54) is 11.1 Å². The summed E-state index contributed by atoms with van der Waals surface area (Å²) in [4.78, 5) is 11.0. The molecule has 0 atom stereocenters. The summed E-state index contributed by atoms with van der Waals surface area (Å²) in [5.74, 6) is -0.0620. The Bertz CT molecular complexity index is 947. The van der Waals surface area contributed by atoms with Gasteiger partial charge in [-0.25, -0.2) is 4.79 Å². The molecule has 1 N–H and O–H groups in total. The number of aromatic carboxylic acids is 1. The Balaban J connectivity index is 2.04. The van der Waals surface area contributed by atoms with Crippen LogP contribution in [0.5, 0.6) is 5.75 Å². The van der Waals surface area contributed by atoms with Crippen LogP contribution in [-0.2, 0) is 10.8 Å². The summed E-state index contributed by atoms with van der Waals surface area (Å²) in [6.07, 6.45) is 8.10. The number of carbonyl (C=O) groups is 1. The minimum atomic E-state index is -0.917. The van der Waals surface area contributed by atoms with Crippen LogP contribution in [0, 0.1) is 0 Å². The van der Waals surface area contributed by atoms with Gasteiger partial charge in [0.1, 0.15) is 12.4 Å². The zero-order valence-corrected chi connectivity index (χ0v) is 17.8. The van der Waals surface area contributed by atoms with E-state index in [9.17, 15) is 4.79 Å². The maximum absolute atomic E-state index is 11.0. The molecular weight excluding hydrogens is 360 g/mol. The number of hydrogen-bond acceptors (Lipinski definition) is 2. The van der Waals surface area contributed by atoms with Crippen molar-refractivity contribution >= 4 is 18.1 Å². The standard InChI is InChI=1S/C26H30O3/c1-6-15-29-23-17-22-21(25(2,3)13-14-26(22,4)5)16-20(23)12-9-18-7-10-19(11-8-18)24(27)28/h6-12,16-17H,1,13-15H2,2-5H3,(H,27,28)/b12-9+. The normalized spacial score (nSPS) is 17.0. The molecule has 1 aliphatic carbocycles. The predicted octanol–water partition coefficient (Wildman–Crippen LogP) is 6.47. The molecule has 29 heavy (non-hydrogen) atoms. The Hall–Kier alpha value is -2.81. The molecule has 152 valence electrons. The number of hydrogen-bond donors (Lipinski definition) is 1. The van der Waals surface area contributed by atoms with Crippen molar-refractivity contribution < 1.29 is 14.6 Å². The lowest BCUT2D eigenvalue weighted by molar-refractivity contribution is 0.0697. The highest BCUT2D eigenvalue weighted by Gasteiger charge is 2.37. The topological polar surface area (TPSA) is 46.5 Å². The van der Waals surface area contributed by atoms with E-state index in [1.807, 2.05) is 24.3 Å². The number of carboxylic acid groups (broad SMARTS) is 1. The molecule has 3 heteroatoms. The minimum Gasteiger partial charge on any atom is -0.489 e. The molecule has 1 aliphatic rings. The van der Waals surface area contributed by atoms with E-state index in [-0.39, 0.29) is 16.4 Å². The van der Waals surface area contributed by atoms with Crippen LogP contribution in [0.25, 0.3) is 12.2 Å². The summed E-state index contributed by atoms with van der Waals surface area (Å²) in [5, 5.41) is 9.06. The van der Waals surface area contributed by atoms with Crippen LogP contribution in [-0.4, -0.2) is 17.7 Å². The van der Waals surface area contributed by atoms with Gasteiger partial charge in [-0.3, -0.25) is 0 Å². The van der Waals surface area contributed by atoms with Gasteiger partial charge in [-0.15, -0.1) is 0 Å². The predicted molar refractivity (Wildman–Crippen MR) is 120 cm³/mol. The number of carboxylic acids is 1. The fourth-order valence-corrected chi connectivity index (χ4v) is 3.94. The van der Waals surface area contributed by atoms with Gasteiger partial charge in [-0.05, 0) is 64.6 Å². The summed E-state index contributed by atoms with van der Waals surface area (Å²) in [6.45, 7) is 13.4. The van der Waals surface area contributed by atoms with E-state index in [4.69, 9.17) is 9.84 Å². The van der Waals surface area contributed by atoms with Gasteiger partial charge in [-0.1, -0.05) is 64.6 Å². The van der Waals surface area contributed by atoms with Crippen LogP contribution in [0.15, 0.2) is 49.1 Å². The quantitative estimate of drug-likeness (QED) is 0.454. The molecule has 0 aromatic heterocycles. The molecule has 0 amide bonds. The van der Waals surface area contributed by atoms with Crippen molar-refractivity contribution in [1.29, 1.82) is 0 Å². The summed E-state index contributed by atoms with van der Waals surface area (Å²) in [7, 11) is 0. The molecule has 0 radical (unpaired) electrons. The van der Waals surface area contributed by atoms with Gasteiger partial charge in [0.15, 0.2) is 0 Å². The first-order valence-corrected chi connectivity index (χ1v) is 10.1. The van der Waals surface area contributed by atoms with Crippen LogP contribution < -0.4 is 4.74 Å². The highest BCUT2D eigenvalue weighted by Crippen LogP contribution is 2.47. The largest absolute Gasteiger partial charge is 0.489 e. The number of fused-ring (bicyclic) bond motifs is 1. The second-order valence-corrected chi connectivity index (χ2v) is 9.06. The number of benzene rings is 2. The van der Waals surface area contributed by atoms with Gasteiger partial charge >= 0.3 is 5.97 Å². The molecule has 0 aliphatic heterocycles. The second-order valence-electron chi connectivity index (χ2n) is 9.06. The van der Waals surface area contributed by atoms with E-state index < -0.39 is 5.97 Å². The molecule has 0 bridgehead atoms. The lowest BCUT2D eigenvalue weighted by Gasteiger charge is -2.42. The second kappa shape index (κ2) is 7.90. The van der Waals surface area contributed by atoms with E-state index in [2.05, 4.69) is 46.4 Å². The summed E-state index contributed by atoms with van der Waals surface area (Å²) in [5.41, 5.74) is 5.23. The van der Waals surface area contributed by atoms with Crippen molar-refractivity contribution in [1.82, 2.24) is 0 Å². The Kier molecular flexibility index (Phi) is 5.70. The van der Waals surface area contributed by atoms with Crippen molar-refractivity contribution in [2.24, 2.45) is 0 Å². The monoisotopic (exact) mass is 390 g/mol. The zero-order valence-electron chi connectivity index (χ0n) is 17.8. The average molecular weight is 391 g/mol. The fourth-order valence-electron chi connectivity index (χ4n) is 3.94. The van der Waals surface area contributed by atoms with Crippen molar-refractivity contribution in [3.05, 3.63) is 76.9 Å². The Morgan fingerprint density at radius 1 is 1.03 bits per heavy atom. The third kappa shape index (κ3) is 4.45. The lowest BCUT2D eigenvalue weighted by Crippen LogP contribution is -2.34. The summed E-state index contributed by atoms with van der Waals surface area (Å²) < 4.78 is 6.01. The minimum absolute atomic E-state index is 0.117. The SMILES string of the molecule is C=CCOc1cc2c(cc1/C=C/c1ccc(C(=O)O)cc1)C(C)(C)CCC2(C)C. The molecule has 3 rings (SSSR count). The van der Waals surface area contributed by atoms with Gasteiger partial charge in [0.25, 0.3) is 0 Å². The van der Waals surface area contributed by atoms with E-state index in [0.717, 1.165) is 29.7 Å². The van der Waals surface area contributed by atoms with Crippen molar-refractivity contribution in [3.63, 3.8) is 0 Å². The molecule has 0 heterocycles. The van der Waals surface area contributed by atoms with E-state index in [1.54, 1.807) is 18.2 Å². The first-order chi connectivity index (χ1) is 13.6. The third-order valence-electron chi connectivity index (χ3n) is 5.95. The van der Waals surface area contributed by atoms with Crippen LogP contribution in [0.3, 0.4) is 0 Å². The first-order valence-electron chi connectivity index (χ1n) is 10.1. The maximum atomic E-state index is 11.0. The number of rotatable bonds is 6. The Labute approximate surface area is 173 Å². The summed E-state index contributed by atoms with van der Waals surface area (Å²) in [6, 6.07) is 11.3. The zero-order chi connectivity index (χ0) is 21.2. The Morgan fingerprint density at radius 3 is 2.17 bits per heavy atom. The van der Waals surface area contributed by atoms with Crippen LogP contribution in [0.1, 0.15) is 73.1 Å². The summed E-state index contributed by atoms with van der Waals surface area (Å²) >= 11 is 0. The van der Waals surface area contributed by atoms with Crippen molar-refractivity contribution in [2.45, 2.75) is 51.4 Å². The molecule has 0 unspecified atom stereocenters. The van der Waals surface area contributed by atoms with Crippen molar-refractivity contribution in [2.75, 3.05) is 6.61 Å². The van der Waals surface area contributed by atoms with Crippen LogP contribution in [0.2, 0.25) is 0 Å². The molecular formula is C26H30O3. The molecule has 0 fully saturated rings. The van der Waals surface area contributed by atoms with E-state index in [0.29, 0.717) is 6.61 Å². The number of ether oxygens (including phenoxy) is 1. The highest BCUT2D eigenvalue weighted by molar-refractivity contribution is 5.88. The van der Waals surface area contributed by atoms with Crippen molar-refractivity contribution in [3.8, 4) is 5.75 Å². The first kappa shape index (κ1) is 20.9. The smallest absolute Gasteiger partial charge is 0.335 e. The van der Waals surface area contributed by atoms with Crippen LogP contribution >= 0.6 is 0 Å². The molecule has 3 nitrogen and oxygen atoms in total. The Morgan fingerprint density at radius 2 is 1.62 bits per heavy atom. The molecule has 0 saturated heterocycles.